The van der Waals surface area contributed by atoms with Crippen LogP contribution in [0.4, 0.5) is 8.78 Å². The lowest BCUT2D eigenvalue weighted by molar-refractivity contribution is -0.0868. The molecule has 0 atom stereocenters. The quantitative estimate of drug-likeness (QED) is 0.764. The van der Waals surface area contributed by atoms with Crippen LogP contribution in [0.2, 0.25) is 0 Å². The number of alkyl halides is 2. The van der Waals surface area contributed by atoms with Gasteiger partial charge in [-0.25, -0.2) is 13.6 Å². The summed E-state index contributed by atoms with van der Waals surface area (Å²) in [5, 5.41) is 1.75. The van der Waals surface area contributed by atoms with Crippen LogP contribution in [-0.2, 0) is 4.74 Å². The molecule has 0 amide bonds. The average molecular weight is 246 g/mol. The zero-order chi connectivity index (χ0) is 11.8. The van der Waals surface area contributed by atoms with Crippen molar-refractivity contribution >= 4 is 17.3 Å². The summed E-state index contributed by atoms with van der Waals surface area (Å²) in [4.78, 5) is 12.0. The molecule has 16 heavy (non-hydrogen) atoms. The van der Waals surface area contributed by atoms with E-state index >= 15 is 0 Å². The molecule has 0 N–H and O–H groups in total. The molecule has 0 aromatic carbocycles. The van der Waals surface area contributed by atoms with E-state index < -0.39 is 11.9 Å². The van der Waals surface area contributed by atoms with Gasteiger partial charge in [-0.2, -0.15) is 0 Å². The largest absolute Gasteiger partial charge is 0.462 e. The minimum atomic E-state index is -2.56. The van der Waals surface area contributed by atoms with E-state index in [4.69, 9.17) is 4.74 Å². The van der Waals surface area contributed by atoms with Crippen molar-refractivity contribution in [3.63, 3.8) is 0 Å². The van der Waals surface area contributed by atoms with Crippen LogP contribution in [0.15, 0.2) is 11.4 Å². The Hall–Kier alpha value is -0.970. The van der Waals surface area contributed by atoms with Gasteiger partial charge in [0.05, 0.1) is 6.61 Å². The SMILES string of the molecule is CCOC(=O)c1sccc1C1CC(F)(F)C1. The Balaban J connectivity index is 2.11. The number of thiophene rings is 1. The number of hydrogen-bond acceptors (Lipinski definition) is 3. The average Bonchev–Trinajstić information content (AvgIpc) is 2.62. The first kappa shape index (κ1) is 11.5. The van der Waals surface area contributed by atoms with Crippen LogP contribution in [0, 0.1) is 0 Å². The molecular weight excluding hydrogens is 234 g/mol. The molecule has 1 heterocycles. The molecule has 0 aliphatic heterocycles. The maximum Gasteiger partial charge on any atom is 0.348 e. The van der Waals surface area contributed by atoms with Gasteiger partial charge in [0.15, 0.2) is 0 Å². The summed E-state index contributed by atoms with van der Waals surface area (Å²) in [6.07, 6.45) is -0.313. The fraction of sp³-hybridized carbons (Fsp3) is 0.545. The predicted molar refractivity (Wildman–Crippen MR) is 57.2 cm³/mol. The van der Waals surface area contributed by atoms with E-state index in [9.17, 15) is 13.6 Å². The van der Waals surface area contributed by atoms with E-state index in [1.807, 2.05) is 0 Å². The first-order valence-corrected chi connectivity index (χ1v) is 6.04. The molecule has 1 saturated carbocycles. The number of rotatable bonds is 3. The molecule has 88 valence electrons. The summed E-state index contributed by atoms with van der Waals surface area (Å²) in [5.74, 6) is -3.15. The Morgan fingerprint density at radius 3 is 2.88 bits per heavy atom. The van der Waals surface area contributed by atoms with Gasteiger partial charge in [-0.1, -0.05) is 0 Å². The number of carbonyl (C=O) groups excluding carboxylic acids is 1. The topological polar surface area (TPSA) is 26.3 Å². The normalized spacial score (nSPS) is 19.2. The summed E-state index contributed by atoms with van der Waals surface area (Å²) in [6.45, 7) is 2.03. The van der Waals surface area contributed by atoms with E-state index in [-0.39, 0.29) is 18.8 Å². The van der Waals surface area contributed by atoms with Gasteiger partial charge in [0.25, 0.3) is 0 Å². The van der Waals surface area contributed by atoms with Gasteiger partial charge in [-0.15, -0.1) is 11.3 Å². The van der Waals surface area contributed by atoms with Crippen LogP contribution >= 0.6 is 11.3 Å². The molecule has 1 fully saturated rings. The van der Waals surface area contributed by atoms with Gasteiger partial charge >= 0.3 is 5.97 Å². The number of carbonyl (C=O) groups is 1. The van der Waals surface area contributed by atoms with Gasteiger partial charge in [0.2, 0.25) is 5.92 Å². The Morgan fingerprint density at radius 1 is 1.62 bits per heavy atom. The molecule has 1 aromatic heterocycles. The van der Waals surface area contributed by atoms with Crippen LogP contribution in [0.5, 0.6) is 0 Å². The summed E-state index contributed by atoms with van der Waals surface area (Å²) in [7, 11) is 0. The van der Waals surface area contributed by atoms with Crippen LogP contribution in [0.3, 0.4) is 0 Å². The maximum atomic E-state index is 12.7. The predicted octanol–water partition coefficient (Wildman–Crippen LogP) is 3.44. The Morgan fingerprint density at radius 2 is 2.31 bits per heavy atom. The van der Waals surface area contributed by atoms with Crippen molar-refractivity contribution in [1.29, 1.82) is 0 Å². The second kappa shape index (κ2) is 4.13. The van der Waals surface area contributed by atoms with Crippen molar-refractivity contribution in [2.75, 3.05) is 6.61 Å². The molecule has 0 spiro atoms. The summed E-state index contributed by atoms with van der Waals surface area (Å²) >= 11 is 1.26. The lowest BCUT2D eigenvalue weighted by Gasteiger charge is -2.35. The molecule has 2 nitrogen and oxygen atoms in total. The van der Waals surface area contributed by atoms with Crippen molar-refractivity contribution in [3.05, 3.63) is 21.9 Å². The summed E-state index contributed by atoms with van der Waals surface area (Å²) < 4.78 is 30.4. The molecule has 0 bridgehead atoms. The highest BCUT2D eigenvalue weighted by atomic mass is 32.1. The lowest BCUT2D eigenvalue weighted by atomic mass is 9.77. The van der Waals surface area contributed by atoms with Crippen molar-refractivity contribution in [3.8, 4) is 0 Å². The van der Waals surface area contributed by atoms with Gasteiger partial charge in [-0.3, -0.25) is 0 Å². The monoisotopic (exact) mass is 246 g/mol. The number of halogens is 2. The number of ether oxygens (including phenoxy) is 1. The first-order valence-electron chi connectivity index (χ1n) is 5.16. The number of esters is 1. The lowest BCUT2D eigenvalue weighted by Crippen LogP contribution is -2.34. The van der Waals surface area contributed by atoms with Crippen LogP contribution in [0.1, 0.15) is 40.9 Å². The molecule has 0 saturated heterocycles. The summed E-state index contributed by atoms with van der Waals surface area (Å²) in [5.41, 5.74) is 0.717. The molecule has 1 aromatic rings. The molecular formula is C11H12F2O2S. The van der Waals surface area contributed by atoms with Crippen molar-refractivity contribution < 1.29 is 18.3 Å². The third kappa shape index (κ3) is 2.09. The van der Waals surface area contributed by atoms with Crippen molar-refractivity contribution in [2.45, 2.75) is 31.6 Å². The van der Waals surface area contributed by atoms with E-state index in [0.29, 0.717) is 11.5 Å². The second-order valence-corrected chi connectivity index (χ2v) is 4.80. The standard InChI is InChI=1S/C11H12F2O2S/c1-2-15-10(14)9-8(3-4-16-9)7-5-11(12,13)6-7/h3-4,7H,2,5-6H2,1H3. The third-order valence-electron chi connectivity index (χ3n) is 2.69. The van der Waals surface area contributed by atoms with E-state index in [0.717, 1.165) is 5.56 Å². The fourth-order valence-electron chi connectivity index (χ4n) is 1.88. The zero-order valence-electron chi connectivity index (χ0n) is 8.83. The fourth-order valence-corrected chi connectivity index (χ4v) is 2.76. The minimum Gasteiger partial charge on any atom is -0.462 e. The van der Waals surface area contributed by atoms with E-state index in [2.05, 4.69) is 0 Å². The first-order chi connectivity index (χ1) is 7.53. The highest BCUT2D eigenvalue weighted by molar-refractivity contribution is 7.12. The van der Waals surface area contributed by atoms with Gasteiger partial charge in [0, 0.05) is 12.8 Å². The zero-order valence-corrected chi connectivity index (χ0v) is 9.65. The van der Waals surface area contributed by atoms with Crippen LogP contribution in [-0.4, -0.2) is 18.5 Å². The van der Waals surface area contributed by atoms with Crippen LogP contribution in [0.25, 0.3) is 0 Å². The Labute approximate surface area is 96.2 Å². The Bertz CT molecular complexity index is 392. The molecule has 1 aliphatic carbocycles. The molecule has 0 radical (unpaired) electrons. The van der Waals surface area contributed by atoms with Gasteiger partial charge in [-0.05, 0) is 29.9 Å². The van der Waals surface area contributed by atoms with Crippen molar-refractivity contribution in [1.82, 2.24) is 0 Å². The Kier molecular flexibility index (Phi) is 2.97. The van der Waals surface area contributed by atoms with Gasteiger partial charge < -0.3 is 4.74 Å². The minimum absolute atomic E-state index is 0.157. The highest BCUT2D eigenvalue weighted by Crippen LogP contribution is 2.49. The highest BCUT2D eigenvalue weighted by Gasteiger charge is 2.47. The van der Waals surface area contributed by atoms with Gasteiger partial charge in [0.1, 0.15) is 4.88 Å². The molecule has 2 rings (SSSR count). The number of hydrogen-bond donors (Lipinski definition) is 0. The molecule has 0 unspecified atom stereocenters. The summed E-state index contributed by atoms with van der Waals surface area (Å²) in [6, 6.07) is 1.75. The van der Waals surface area contributed by atoms with Crippen LogP contribution < -0.4 is 0 Å². The van der Waals surface area contributed by atoms with Crippen molar-refractivity contribution in [2.24, 2.45) is 0 Å². The van der Waals surface area contributed by atoms with E-state index in [1.165, 1.54) is 11.3 Å². The molecule has 1 aliphatic rings. The maximum absolute atomic E-state index is 12.7. The third-order valence-corrected chi connectivity index (χ3v) is 3.60. The molecule has 5 heteroatoms. The second-order valence-electron chi connectivity index (χ2n) is 3.89. The smallest absolute Gasteiger partial charge is 0.348 e. The van der Waals surface area contributed by atoms with E-state index in [1.54, 1.807) is 18.4 Å².